The average molecular weight is 354 g/mol. The second kappa shape index (κ2) is 6.67. The van der Waals surface area contributed by atoms with Gasteiger partial charge in [-0.05, 0) is 52.2 Å². The number of carbonyl (C=O) groups excluding carboxylic acids is 1. The van der Waals surface area contributed by atoms with E-state index in [1.165, 1.54) is 11.3 Å². The van der Waals surface area contributed by atoms with Gasteiger partial charge in [-0.25, -0.2) is 4.79 Å². The van der Waals surface area contributed by atoms with Crippen LogP contribution in [0.25, 0.3) is 0 Å². The Labute approximate surface area is 128 Å². The van der Waals surface area contributed by atoms with E-state index in [0.717, 1.165) is 9.35 Å². The Balaban J connectivity index is 1.88. The maximum absolute atomic E-state index is 11.8. The highest BCUT2D eigenvalue weighted by Crippen LogP contribution is 2.21. The zero-order chi connectivity index (χ0) is 14.5. The number of carbonyl (C=O) groups is 2. The van der Waals surface area contributed by atoms with Crippen LogP contribution in [0.4, 0.5) is 0 Å². The molecule has 0 saturated heterocycles. The van der Waals surface area contributed by atoms with E-state index in [1.807, 2.05) is 12.1 Å². The predicted octanol–water partition coefficient (Wildman–Crippen LogP) is 3.18. The number of hydrogen-bond donors (Lipinski definition) is 2. The summed E-state index contributed by atoms with van der Waals surface area (Å²) in [7, 11) is 0. The first-order valence-corrected chi connectivity index (χ1v) is 7.53. The highest BCUT2D eigenvalue weighted by Gasteiger charge is 2.08. The summed E-state index contributed by atoms with van der Waals surface area (Å²) in [6, 6.07) is 10.3. The highest BCUT2D eigenvalue weighted by atomic mass is 79.9. The molecule has 1 heterocycles. The summed E-state index contributed by atoms with van der Waals surface area (Å²) in [4.78, 5) is 23.3. The number of nitrogens with one attached hydrogen (secondary N) is 1. The minimum absolute atomic E-state index is 0.116. The van der Waals surface area contributed by atoms with Crippen LogP contribution in [-0.2, 0) is 6.42 Å². The normalized spacial score (nSPS) is 10.2. The average Bonchev–Trinajstić information content (AvgIpc) is 2.86. The SMILES string of the molecule is O=C(O)c1cccc(CCNC(=O)c2ccc(Br)s2)c1. The molecule has 4 nitrogen and oxygen atoms in total. The van der Waals surface area contributed by atoms with E-state index >= 15 is 0 Å². The molecule has 1 amide bonds. The third kappa shape index (κ3) is 3.91. The van der Waals surface area contributed by atoms with Crippen molar-refractivity contribution in [2.24, 2.45) is 0 Å². The number of thiophene rings is 1. The lowest BCUT2D eigenvalue weighted by Crippen LogP contribution is -2.24. The lowest BCUT2D eigenvalue weighted by molar-refractivity contribution is 0.0696. The van der Waals surface area contributed by atoms with Crippen molar-refractivity contribution >= 4 is 39.1 Å². The van der Waals surface area contributed by atoms with E-state index < -0.39 is 5.97 Å². The molecule has 0 aliphatic rings. The van der Waals surface area contributed by atoms with Crippen LogP contribution in [0.15, 0.2) is 40.2 Å². The van der Waals surface area contributed by atoms with Gasteiger partial charge in [-0.15, -0.1) is 11.3 Å². The Bertz CT molecular complexity index is 639. The Morgan fingerprint density at radius 3 is 2.70 bits per heavy atom. The first-order chi connectivity index (χ1) is 9.56. The number of carboxylic acid groups (broad SMARTS) is 1. The van der Waals surface area contributed by atoms with Crippen LogP contribution in [0.5, 0.6) is 0 Å². The maximum Gasteiger partial charge on any atom is 0.335 e. The van der Waals surface area contributed by atoms with E-state index in [0.29, 0.717) is 17.8 Å². The molecule has 0 aliphatic carbocycles. The fourth-order valence-corrected chi connectivity index (χ4v) is 3.01. The Morgan fingerprint density at radius 1 is 1.25 bits per heavy atom. The summed E-state index contributed by atoms with van der Waals surface area (Å²) in [5.74, 6) is -1.06. The lowest BCUT2D eigenvalue weighted by Gasteiger charge is -2.04. The summed E-state index contributed by atoms with van der Waals surface area (Å²) in [5, 5.41) is 11.7. The van der Waals surface area contributed by atoms with E-state index in [4.69, 9.17) is 5.11 Å². The molecule has 0 radical (unpaired) electrons. The molecule has 0 aliphatic heterocycles. The molecule has 0 unspecified atom stereocenters. The quantitative estimate of drug-likeness (QED) is 0.867. The zero-order valence-corrected chi connectivity index (χ0v) is 12.8. The largest absolute Gasteiger partial charge is 0.478 e. The molecule has 2 aromatic rings. The van der Waals surface area contributed by atoms with Crippen molar-refractivity contribution in [3.8, 4) is 0 Å². The summed E-state index contributed by atoms with van der Waals surface area (Å²) >= 11 is 4.69. The van der Waals surface area contributed by atoms with Crippen LogP contribution >= 0.6 is 27.3 Å². The van der Waals surface area contributed by atoms with Crippen LogP contribution in [0, 0.1) is 0 Å². The molecule has 6 heteroatoms. The minimum Gasteiger partial charge on any atom is -0.478 e. The molecule has 0 fully saturated rings. The number of aromatic carboxylic acids is 1. The molecular formula is C14H12BrNO3S. The third-order valence-corrected chi connectivity index (χ3v) is 4.29. The topological polar surface area (TPSA) is 66.4 Å². The van der Waals surface area contributed by atoms with Gasteiger partial charge in [-0.1, -0.05) is 12.1 Å². The van der Waals surface area contributed by atoms with E-state index in [9.17, 15) is 9.59 Å². The van der Waals surface area contributed by atoms with Gasteiger partial charge in [-0.3, -0.25) is 4.79 Å². The lowest BCUT2D eigenvalue weighted by atomic mass is 10.1. The van der Waals surface area contributed by atoms with Gasteiger partial charge >= 0.3 is 5.97 Å². The van der Waals surface area contributed by atoms with Crippen LogP contribution < -0.4 is 5.32 Å². The number of hydrogen-bond acceptors (Lipinski definition) is 3. The second-order valence-electron chi connectivity index (χ2n) is 4.12. The number of rotatable bonds is 5. The van der Waals surface area contributed by atoms with Gasteiger partial charge in [0, 0.05) is 6.54 Å². The summed E-state index contributed by atoms with van der Waals surface area (Å²) < 4.78 is 0.914. The van der Waals surface area contributed by atoms with Gasteiger partial charge in [0.1, 0.15) is 0 Å². The fraction of sp³-hybridized carbons (Fsp3) is 0.143. The van der Waals surface area contributed by atoms with Crippen LogP contribution in [0.2, 0.25) is 0 Å². The van der Waals surface area contributed by atoms with Gasteiger partial charge < -0.3 is 10.4 Å². The number of carboxylic acids is 1. The van der Waals surface area contributed by atoms with E-state index in [-0.39, 0.29) is 11.5 Å². The number of benzene rings is 1. The van der Waals surface area contributed by atoms with Gasteiger partial charge in [0.15, 0.2) is 0 Å². The fourth-order valence-electron chi connectivity index (χ4n) is 1.70. The minimum atomic E-state index is -0.945. The first-order valence-electron chi connectivity index (χ1n) is 5.92. The van der Waals surface area contributed by atoms with Crippen molar-refractivity contribution in [2.75, 3.05) is 6.54 Å². The van der Waals surface area contributed by atoms with Crippen molar-refractivity contribution in [3.63, 3.8) is 0 Å². The summed E-state index contributed by atoms with van der Waals surface area (Å²) in [6.07, 6.45) is 0.597. The van der Waals surface area contributed by atoms with Crippen LogP contribution in [0.3, 0.4) is 0 Å². The molecule has 0 spiro atoms. The molecule has 104 valence electrons. The van der Waals surface area contributed by atoms with Crippen molar-refractivity contribution in [3.05, 3.63) is 56.2 Å². The second-order valence-corrected chi connectivity index (χ2v) is 6.58. The number of halogens is 1. The molecule has 0 saturated carbocycles. The third-order valence-electron chi connectivity index (χ3n) is 2.67. The highest BCUT2D eigenvalue weighted by molar-refractivity contribution is 9.11. The van der Waals surface area contributed by atoms with Crippen molar-refractivity contribution in [1.29, 1.82) is 0 Å². The maximum atomic E-state index is 11.8. The van der Waals surface area contributed by atoms with Crippen molar-refractivity contribution < 1.29 is 14.7 Å². The standard InChI is InChI=1S/C14H12BrNO3S/c15-12-5-4-11(20-12)13(17)16-7-6-9-2-1-3-10(8-9)14(18)19/h1-5,8H,6-7H2,(H,16,17)(H,18,19). The molecule has 2 rings (SSSR count). The van der Waals surface area contributed by atoms with E-state index in [1.54, 1.807) is 24.3 Å². The Kier molecular flexibility index (Phi) is 4.92. The molecular weight excluding hydrogens is 342 g/mol. The molecule has 0 bridgehead atoms. The molecule has 2 N–H and O–H groups in total. The number of amides is 1. The van der Waals surface area contributed by atoms with Crippen molar-refractivity contribution in [2.45, 2.75) is 6.42 Å². The first kappa shape index (κ1) is 14.7. The summed E-state index contributed by atoms with van der Waals surface area (Å²) in [5.41, 5.74) is 1.15. The van der Waals surface area contributed by atoms with Crippen LogP contribution in [0.1, 0.15) is 25.6 Å². The molecule has 0 atom stereocenters. The summed E-state index contributed by atoms with van der Waals surface area (Å²) in [6.45, 7) is 0.470. The van der Waals surface area contributed by atoms with Gasteiger partial charge in [-0.2, -0.15) is 0 Å². The van der Waals surface area contributed by atoms with E-state index in [2.05, 4.69) is 21.2 Å². The predicted molar refractivity (Wildman–Crippen MR) is 81.5 cm³/mol. The van der Waals surface area contributed by atoms with Gasteiger partial charge in [0.25, 0.3) is 5.91 Å². The van der Waals surface area contributed by atoms with Crippen LogP contribution in [-0.4, -0.2) is 23.5 Å². The van der Waals surface area contributed by atoms with Gasteiger partial charge in [0.05, 0.1) is 14.2 Å². The smallest absolute Gasteiger partial charge is 0.335 e. The van der Waals surface area contributed by atoms with Crippen molar-refractivity contribution in [1.82, 2.24) is 5.32 Å². The monoisotopic (exact) mass is 353 g/mol. The Morgan fingerprint density at radius 2 is 2.05 bits per heavy atom. The molecule has 20 heavy (non-hydrogen) atoms. The molecule has 1 aromatic carbocycles. The molecule has 1 aromatic heterocycles. The zero-order valence-electron chi connectivity index (χ0n) is 10.4. The van der Waals surface area contributed by atoms with Gasteiger partial charge in [0.2, 0.25) is 0 Å². The Hall–Kier alpha value is -1.66.